The van der Waals surface area contributed by atoms with Gasteiger partial charge in [-0.1, -0.05) is 33.8 Å². The van der Waals surface area contributed by atoms with Gasteiger partial charge in [0.2, 0.25) is 0 Å². The lowest BCUT2D eigenvalue weighted by Crippen LogP contribution is -2.14. The molecule has 0 aliphatic rings. The molecule has 0 aromatic carbocycles. The highest BCUT2D eigenvalue weighted by Crippen LogP contribution is 2.19. The number of rotatable bonds is 2. The van der Waals surface area contributed by atoms with E-state index >= 15 is 0 Å². The maximum atomic E-state index is 11.0. The van der Waals surface area contributed by atoms with Gasteiger partial charge in [-0.3, -0.25) is 0 Å². The highest BCUT2D eigenvalue weighted by Gasteiger charge is 2.13. The molecule has 0 saturated carbocycles. The van der Waals surface area contributed by atoms with Crippen LogP contribution in [0, 0.1) is 5.41 Å². The normalized spacial score (nSPS) is 12.9. The van der Waals surface area contributed by atoms with E-state index in [0.717, 1.165) is 0 Å². The second kappa shape index (κ2) is 4.26. The Morgan fingerprint density at radius 3 is 2.25 bits per heavy atom. The Labute approximate surface area is 73.5 Å². The van der Waals surface area contributed by atoms with Crippen LogP contribution in [0.5, 0.6) is 0 Å². The summed E-state index contributed by atoms with van der Waals surface area (Å²) in [5.74, 6) is 4.34. The summed E-state index contributed by atoms with van der Waals surface area (Å²) in [4.78, 5) is 15.1. The number of hydrogen-bond acceptors (Lipinski definition) is 3. The zero-order valence-corrected chi connectivity index (χ0v) is 8.18. The van der Waals surface area contributed by atoms with Crippen LogP contribution in [0.15, 0.2) is 11.6 Å². The first-order valence-corrected chi connectivity index (χ1v) is 4.03. The number of nitrogens with two attached hydrogens (primary N) is 1. The van der Waals surface area contributed by atoms with E-state index in [2.05, 4.69) is 4.84 Å². The van der Waals surface area contributed by atoms with Crippen LogP contribution >= 0.6 is 0 Å². The molecule has 0 radical (unpaired) electrons. The first-order chi connectivity index (χ1) is 5.40. The molecule has 0 spiro atoms. The predicted octanol–water partition coefficient (Wildman–Crippen LogP) is 1.79. The lowest BCUT2D eigenvalue weighted by atomic mass is 9.93. The van der Waals surface area contributed by atoms with Gasteiger partial charge in [-0.05, 0) is 11.8 Å². The third kappa shape index (κ3) is 4.13. The van der Waals surface area contributed by atoms with Gasteiger partial charge < -0.3 is 4.84 Å². The van der Waals surface area contributed by atoms with Gasteiger partial charge in [0.15, 0.2) is 0 Å². The van der Waals surface area contributed by atoms with E-state index in [-0.39, 0.29) is 5.41 Å². The molecule has 0 bridgehead atoms. The topological polar surface area (TPSA) is 52.3 Å². The molecule has 0 aliphatic heterocycles. The van der Waals surface area contributed by atoms with E-state index in [1.807, 2.05) is 33.8 Å². The molecule has 0 aromatic rings. The van der Waals surface area contributed by atoms with Gasteiger partial charge >= 0.3 is 5.97 Å². The Morgan fingerprint density at radius 1 is 1.50 bits per heavy atom. The number of carbonyl (C=O) groups is 1. The van der Waals surface area contributed by atoms with Crippen LogP contribution in [-0.2, 0) is 9.63 Å². The Balaban J connectivity index is 4.55. The van der Waals surface area contributed by atoms with Gasteiger partial charge in [-0.25, -0.2) is 4.79 Å². The van der Waals surface area contributed by atoms with E-state index in [9.17, 15) is 4.79 Å². The number of carbonyl (C=O) groups excluding carboxylic acids is 1. The van der Waals surface area contributed by atoms with Crippen LogP contribution in [0.4, 0.5) is 0 Å². The van der Waals surface area contributed by atoms with Crippen molar-refractivity contribution in [1.82, 2.24) is 0 Å². The summed E-state index contributed by atoms with van der Waals surface area (Å²) in [5.41, 5.74) is 0.615. The molecule has 12 heavy (non-hydrogen) atoms. The zero-order valence-electron chi connectivity index (χ0n) is 8.18. The lowest BCUT2D eigenvalue weighted by molar-refractivity contribution is -0.139. The average molecular weight is 171 g/mol. The first kappa shape index (κ1) is 11.2. The van der Waals surface area contributed by atoms with E-state index < -0.39 is 5.97 Å². The zero-order chi connectivity index (χ0) is 9.78. The van der Waals surface area contributed by atoms with Crippen LogP contribution in [0.2, 0.25) is 0 Å². The van der Waals surface area contributed by atoms with E-state index in [1.54, 1.807) is 0 Å². The maximum absolute atomic E-state index is 11.0. The van der Waals surface area contributed by atoms with Gasteiger partial charge in [0.25, 0.3) is 0 Å². The molecule has 0 atom stereocenters. The van der Waals surface area contributed by atoms with Crippen molar-refractivity contribution in [1.29, 1.82) is 0 Å². The summed E-state index contributed by atoms with van der Waals surface area (Å²) in [6.45, 7) is 7.96. The van der Waals surface area contributed by atoms with Gasteiger partial charge in [-0.2, -0.15) is 5.90 Å². The summed E-state index contributed by atoms with van der Waals surface area (Å²) in [5, 5.41) is 0. The molecule has 0 unspecified atom stereocenters. The van der Waals surface area contributed by atoms with E-state index in [4.69, 9.17) is 5.90 Å². The van der Waals surface area contributed by atoms with Crippen molar-refractivity contribution in [2.24, 2.45) is 11.3 Å². The predicted molar refractivity (Wildman–Crippen MR) is 48.1 cm³/mol. The molecule has 0 aliphatic carbocycles. The van der Waals surface area contributed by atoms with Crippen LogP contribution in [-0.4, -0.2) is 5.97 Å². The fraction of sp³-hybridized carbons (Fsp3) is 0.667. The Bertz CT molecular complexity index is 189. The van der Waals surface area contributed by atoms with Gasteiger partial charge in [0.05, 0.1) is 0 Å². The highest BCUT2D eigenvalue weighted by molar-refractivity contribution is 5.88. The second-order valence-electron chi connectivity index (χ2n) is 3.79. The molecule has 0 rings (SSSR count). The lowest BCUT2D eigenvalue weighted by Gasteiger charge is -2.13. The SMILES string of the molecule is CCC(=CC(C)(C)C)C(=O)ON. The number of hydrogen-bond donors (Lipinski definition) is 1. The minimum atomic E-state index is -0.438. The Hall–Kier alpha value is -0.830. The molecular formula is C9H17NO2. The fourth-order valence-electron chi connectivity index (χ4n) is 0.904. The molecule has 0 saturated heterocycles. The molecule has 2 N–H and O–H groups in total. The molecular weight excluding hydrogens is 154 g/mol. The summed E-state index contributed by atoms with van der Waals surface area (Å²) >= 11 is 0. The fourth-order valence-corrected chi connectivity index (χ4v) is 0.904. The van der Waals surface area contributed by atoms with Crippen molar-refractivity contribution in [2.45, 2.75) is 34.1 Å². The summed E-state index contributed by atoms with van der Waals surface area (Å²) in [6, 6.07) is 0. The maximum Gasteiger partial charge on any atom is 0.352 e. The van der Waals surface area contributed by atoms with Gasteiger partial charge in [0.1, 0.15) is 0 Å². The minimum absolute atomic E-state index is 0.0144. The van der Waals surface area contributed by atoms with E-state index in [1.165, 1.54) is 0 Å². The van der Waals surface area contributed by atoms with Crippen molar-refractivity contribution in [3.63, 3.8) is 0 Å². The standard InChI is InChI=1S/C9H17NO2/c1-5-7(8(11)12-10)6-9(2,3)4/h6H,5,10H2,1-4H3. The molecule has 0 aromatic heterocycles. The average Bonchev–Trinajstić information content (AvgIpc) is 1.97. The van der Waals surface area contributed by atoms with Crippen molar-refractivity contribution in [3.8, 4) is 0 Å². The minimum Gasteiger partial charge on any atom is -0.370 e. The first-order valence-electron chi connectivity index (χ1n) is 4.03. The third-order valence-corrected chi connectivity index (χ3v) is 1.36. The van der Waals surface area contributed by atoms with Crippen molar-refractivity contribution in [3.05, 3.63) is 11.6 Å². The quantitative estimate of drug-likeness (QED) is 0.509. The van der Waals surface area contributed by atoms with Crippen LogP contribution in [0.1, 0.15) is 34.1 Å². The third-order valence-electron chi connectivity index (χ3n) is 1.36. The molecule has 0 heterocycles. The van der Waals surface area contributed by atoms with Gasteiger partial charge in [0, 0.05) is 5.57 Å². The molecule has 0 fully saturated rings. The van der Waals surface area contributed by atoms with Crippen molar-refractivity contribution >= 4 is 5.97 Å². The highest BCUT2D eigenvalue weighted by atomic mass is 16.7. The van der Waals surface area contributed by atoms with Crippen molar-refractivity contribution < 1.29 is 9.63 Å². The largest absolute Gasteiger partial charge is 0.370 e. The smallest absolute Gasteiger partial charge is 0.352 e. The Kier molecular flexibility index (Phi) is 3.96. The second-order valence-corrected chi connectivity index (χ2v) is 3.79. The monoisotopic (exact) mass is 171 g/mol. The molecule has 3 heteroatoms. The summed E-state index contributed by atoms with van der Waals surface area (Å²) < 4.78 is 0. The molecule has 0 amide bonds. The van der Waals surface area contributed by atoms with Crippen LogP contribution in [0.25, 0.3) is 0 Å². The number of allylic oxidation sites excluding steroid dienone is 1. The van der Waals surface area contributed by atoms with Gasteiger partial charge in [-0.15, -0.1) is 0 Å². The van der Waals surface area contributed by atoms with Crippen molar-refractivity contribution in [2.75, 3.05) is 0 Å². The molecule has 70 valence electrons. The molecule has 3 nitrogen and oxygen atoms in total. The van der Waals surface area contributed by atoms with Crippen LogP contribution in [0.3, 0.4) is 0 Å². The Morgan fingerprint density at radius 2 is 2.00 bits per heavy atom. The van der Waals surface area contributed by atoms with Crippen LogP contribution < -0.4 is 5.90 Å². The summed E-state index contributed by atoms with van der Waals surface area (Å²) in [6.07, 6.45) is 2.52. The summed E-state index contributed by atoms with van der Waals surface area (Å²) in [7, 11) is 0. The van der Waals surface area contributed by atoms with E-state index in [0.29, 0.717) is 12.0 Å².